The zero-order valence-corrected chi connectivity index (χ0v) is 15.3. The first-order valence-corrected chi connectivity index (χ1v) is 9.27. The fourth-order valence-corrected chi connectivity index (χ4v) is 3.85. The van der Waals surface area contributed by atoms with Gasteiger partial charge in [-0.2, -0.15) is 0 Å². The number of piperidine rings is 1. The molecule has 1 N–H and O–H groups in total. The first-order chi connectivity index (χ1) is 13.0. The van der Waals surface area contributed by atoms with Gasteiger partial charge in [-0.15, -0.1) is 0 Å². The van der Waals surface area contributed by atoms with Crippen LogP contribution in [0.25, 0.3) is 0 Å². The van der Waals surface area contributed by atoms with E-state index < -0.39 is 11.6 Å². The summed E-state index contributed by atoms with van der Waals surface area (Å²) in [7, 11) is 0. The minimum absolute atomic E-state index is 0.175. The van der Waals surface area contributed by atoms with Crippen LogP contribution < -0.4 is 14.8 Å². The number of nitrogens with one attached hydrogen (secondary N) is 1. The van der Waals surface area contributed by atoms with Crippen LogP contribution in [-0.2, 0) is 16.0 Å². The van der Waals surface area contributed by atoms with E-state index >= 15 is 0 Å². The quantitative estimate of drug-likeness (QED) is 0.804. The van der Waals surface area contributed by atoms with Crippen LogP contribution in [0.15, 0.2) is 18.2 Å². The largest absolute Gasteiger partial charge is 0.454 e. The summed E-state index contributed by atoms with van der Waals surface area (Å²) in [6.07, 6.45) is 3.35. The van der Waals surface area contributed by atoms with Gasteiger partial charge < -0.3 is 19.7 Å². The molecule has 0 aromatic heterocycles. The molecule has 1 atom stereocenters. The van der Waals surface area contributed by atoms with E-state index in [9.17, 15) is 14.4 Å². The standard InChI is InChI=1S/C19H23N3O5/c1-19(10-13-5-6-14-15(9-13)27-12-26-14)17(24)22(18(25)20-19)11-16(23)21-7-3-2-4-8-21/h5-6,9H,2-4,7-8,10-12H2,1H3,(H,20,25)/t19-/m1/s1. The molecule has 0 aliphatic carbocycles. The summed E-state index contributed by atoms with van der Waals surface area (Å²) < 4.78 is 10.7. The lowest BCUT2D eigenvalue weighted by atomic mass is 9.92. The van der Waals surface area contributed by atoms with Gasteiger partial charge >= 0.3 is 6.03 Å². The molecule has 144 valence electrons. The van der Waals surface area contributed by atoms with Crippen LogP contribution in [0.3, 0.4) is 0 Å². The highest BCUT2D eigenvalue weighted by molar-refractivity contribution is 6.08. The Labute approximate surface area is 157 Å². The molecule has 3 aliphatic heterocycles. The van der Waals surface area contributed by atoms with E-state index in [4.69, 9.17) is 9.47 Å². The molecular weight excluding hydrogens is 350 g/mol. The highest BCUT2D eigenvalue weighted by Crippen LogP contribution is 2.34. The molecule has 0 saturated carbocycles. The number of benzene rings is 1. The fourth-order valence-electron chi connectivity index (χ4n) is 3.85. The summed E-state index contributed by atoms with van der Waals surface area (Å²) in [6, 6.07) is 4.93. The van der Waals surface area contributed by atoms with E-state index in [1.54, 1.807) is 17.9 Å². The summed E-state index contributed by atoms with van der Waals surface area (Å²) in [4.78, 5) is 40.5. The molecule has 0 spiro atoms. The number of ether oxygens (including phenoxy) is 2. The number of carbonyl (C=O) groups excluding carboxylic acids is 3. The first-order valence-electron chi connectivity index (χ1n) is 9.27. The van der Waals surface area contributed by atoms with Crippen LogP contribution in [-0.4, -0.2) is 59.6 Å². The number of urea groups is 1. The molecule has 3 aliphatic rings. The molecule has 0 radical (unpaired) electrons. The Hall–Kier alpha value is -2.77. The number of nitrogens with zero attached hydrogens (tertiary/aromatic N) is 2. The maximum atomic E-state index is 12.9. The van der Waals surface area contributed by atoms with Crippen molar-refractivity contribution < 1.29 is 23.9 Å². The zero-order chi connectivity index (χ0) is 19.0. The molecule has 0 unspecified atom stereocenters. The molecule has 1 aromatic carbocycles. The van der Waals surface area contributed by atoms with Gasteiger partial charge in [0.25, 0.3) is 5.91 Å². The average molecular weight is 373 g/mol. The Kier molecular flexibility index (Phi) is 4.41. The monoisotopic (exact) mass is 373 g/mol. The van der Waals surface area contributed by atoms with Crippen molar-refractivity contribution in [3.8, 4) is 11.5 Å². The minimum atomic E-state index is -1.09. The van der Waals surface area contributed by atoms with Crippen molar-refractivity contribution >= 4 is 17.8 Å². The van der Waals surface area contributed by atoms with Crippen molar-refractivity contribution in [2.45, 2.75) is 38.1 Å². The number of carbonyl (C=O) groups is 3. The molecule has 1 aromatic rings. The van der Waals surface area contributed by atoms with E-state index in [0.29, 0.717) is 31.0 Å². The molecule has 2 saturated heterocycles. The molecule has 4 rings (SSSR count). The SMILES string of the molecule is C[C@]1(Cc2ccc3c(c2)OCO3)NC(=O)N(CC(=O)N2CCCCC2)C1=O. The predicted octanol–water partition coefficient (Wildman–Crippen LogP) is 1.28. The zero-order valence-electron chi connectivity index (χ0n) is 15.3. The Morgan fingerprint density at radius 1 is 1.15 bits per heavy atom. The number of fused-ring (bicyclic) bond motifs is 1. The summed E-state index contributed by atoms with van der Waals surface area (Å²) in [5.41, 5.74) is -0.243. The van der Waals surface area contributed by atoms with Crippen LogP contribution in [0.2, 0.25) is 0 Å². The van der Waals surface area contributed by atoms with Crippen LogP contribution in [0, 0.1) is 0 Å². The number of amides is 4. The second-order valence-corrected chi connectivity index (χ2v) is 7.46. The lowest BCUT2D eigenvalue weighted by Crippen LogP contribution is -2.47. The van der Waals surface area contributed by atoms with Crippen molar-refractivity contribution in [3.05, 3.63) is 23.8 Å². The number of hydrogen-bond donors (Lipinski definition) is 1. The van der Waals surface area contributed by atoms with E-state index in [0.717, 1.165) is 29.7 Å². The molecule has 2 fully saturated rings. The van der Waals surface area contributed by atoms with Gasteiger partial charge in [-0.3, -0.25) is 14.5 Å². The molecular formula is C19H23N3O5. The maximum absolute atomic E-state index is 12.9. The van der Waals surface area contributed by atoms with Crippen molar-refractivity contribution in [2.75, 3.05) is 26.4 Å². The fraction of sp³-hybridized carbons (Fsp3) is 0.526. The molecule has 8 nitrogen and oxygen atoms in total. The van der Waals surface area contributed by atoms with Gasteiger partial charge in [0, 0.05) is 19.5 Å². The van der Waals surface area contributed by atoms with Crippen molar-refractivity contribution in [3.63, 3.8) is 0 Å². The van der Waals surface area contributed by atoms with Crippen molar-refractivity contribution in [2.24, 2.45) is 0 Å². The third kappa shape index (κ3) is 3.31. The van der Waals surface area contributed by atoms with E-state index in [1.165, 1.54) is 0 Å². The Morgan fingerprint density at radius 2 is 1.89 bits per heavy atom. The molecule has 4 amide bonds. The summed E-state index contributed by atoms with van der Waals surface area (Å²) in [5, 5.41) is 2.75. The van der Waals surface area contributed by atoms with Crippen LogP contribution in [0.1, 0.15) is 31.7 Å². The van der Waals surface area contributed by atoms with Gasteiger partial charge in [-0.1, -0.05) is 6.07 Å². The third-order valence-corrected chi connectivity index (χ3v) is 5.34. The van der Waals surface area contributed by atoms with Crippen LogP contribution in [0.5, 0.6) is 11.5 Å². The topological polar surface area (TPSA) is 88.2 Å². The predicted molar refractivity (Wildman–Crippen MR) is 95.3 cm³/mol. The molecule has 8 heteroatoms. The normalized spacial score (nSPS) is 24.3. The van der Waals surface area contributed by atoms with Gasteiger partial charge in [0.15, 0.2) is 11.5 Å². The Morgan fingerprint density at radius 3 is 2.67 bits per heavy atom. The van der Waals surface area contributed by atoms with Crippen LogP contribution in [0.4, 0.5) is 4.79 Å². The van der Waals surface area contributed by atoms with Gasteiger partial charge in [0.05, 0.1) is 0 Å². The first kappa shape index (κ1) is 17.6. The number of likely N-dealkylation sites (tertiary alicyclic amines) is 1. The summed E-state index contributed by atoms with van der Waals surface area (Å²) in [5.74, 6) is 0.741. The third-order valence-electron chi connectivity index (χ3n) is 5.34. The van der Waals surface area contributed by atoms with Gasteiger partial charge in [0.2, 0.25) is 12.7 Å². The number of imide groups is 1. The second kappa shape index (κ2) is 6.75. The second-order valence-electron chi connectivity index (χ2n) is 7.46. The van der Waals surface area contributed by atoms with E-state index in [2.05, 4.69) is 5.32 Å². The molecule has 3 heterocycles. The minimum Gasteiger partial charge on any atom is -0.454 e. The van der Waals surface area contributed by atoms with Crippen molar-refractivity contribution in [1.29, 1.82) is 0 Å². The highest BCUT2D eigenvalue weighted by atomic mass is 16.7. The van der Waals surface area contributed by atoms with Gasteiger partial charge in [-0.05, 0) is 43.9 Å². The molecule has 0 bridgehead atoms. The summed E-state index contributed by atoms with van der Waals surface area (Å²) >= 11 is 0. The summed E-state index contributed by atoms with van der Waals surface area (Å²) in [6.45, 7) is 3.04. The van der Waals surface area contributed by atoms with Crippen LogP contribution >= 0.6 is 0 Å². The lowest BCUT2D eigenvalue weighted by molar-refractivity contribution is -0.139. The number of hydrogen-bond acceptors (Lipinski definition) is 5. The number of rotatable bonds is 4. The van der Waals surface area contributed by atoms with E-state index in [1.807, 2.05) is 12.1 Å². The Bertz CT molecular complexity index is 790. The van der Waals surface area contributed by atoms with E-state index in [-0.39, 0.29) is 25.2 Å². The smallest absolute Gasteiger partial charge is 0.325 e. The molecule has 27 heavy (non-hydrogen) atoms. The van der Waals surface area contributed by atoms with Gasteiger partial charge in [0.1, 0.15) is 12.1 Å². The highest BCUT2D eigenvalue weighted by Gasteiger charge is 2.48. The lowest BCUT2D eigenvalue weighted by Gasteiger charge is -2.28. The average Bonchev–Trinajstić information content (AvgIpc) is 3.20. The van der Waals surface area contributed by atoms with Gasteiger partial charge in [-0.25, -0.2) is 4.79 Å². The maximum Gasteiger partial charge on any atom is 0.325 e. The van der Waals surface area contributed by atoms with Crippen molar-refractivity contribution in [1.82, 2.24) is 15.1 Å². The Balaban J connectivity index is 1.45.